The molecule has 2 fully saturated rings. The lowest BCUT2D eigenvalue weighted by Crippen LogP contribution is -2.57. The summed E-state index contributed by atoms with van der Waals surface area (Å²) in [7, 11) is -3.35. The SMILES string of the molecule is C[C@@H]1CN(CCOCC(=O)Nc2cccc3c2CN(C2CCC(=O)NC2=O)C3=O)[C@@H](C)CN1CCOc1ccc(Oc2c(-c3ccc(S(C)(=O)=O)cc3)ccc3cc(O)ccc23)cc1. The predicted octanol–water partition coefficient (Wildman–Crippen LogP) is 5.60. The molecule has 3 aliphatic rings. The van der Waals surface area contributed by atoms with Gasteiger partial charge in [0, 0.05) is 85.2 Å². The van der Waals surface area contributed by atoms with E-state index in [0.29, 0.717) is 53.8 Å². The van der Waals surface area contributed by atoms with Crippen molar-refractivity contribution in [1.82, 2.24) is 20.0 Å². The number of ether oxygens (including phenoxy) is 3. The Bertz CT molecular complexity index is 2690. The normalized spacial score (nSPS) is 19.4. The van der Waals surface area contributed by atoms with E-state index in [2.05, 4.69) is 34.3 Å². The number of hydrogen-bond donors (Lipinski definition) is 3. The number of hydrogen-bond acceptors (Lipinski definition) is 12. The first-order chi connectivity index (χ1) is 30.7. The van der Waals surface area contributed by atoms with Crippen LogP contribution in [0.1, 0.15) is 42.6 Å². The maximum Gasteiger partial charge on any atom is 0.255 e. The van der Waals surface area contributed by atoms with Crippen LogP contribution in [0, 0.1) is 0 Å². The molecule has 3 N–H and O–H groups in total. The van der Waals surface area contributed by atoms with Gasteiger partial charge in [0.15, 0.2) is 9.84 Å². The molecule has 64 heavy (non-hydrogen) atoms. The molecule has 0 aromatic heterocycles. The summed E-state index contributed by atoms with van der Waals surface area (Å²) < 4.78 is 42.6. The van der Waals surface area contributed by atoms with Gasteiger partial charge in [0.1, 0.15) is 42.3 Å². The van der Waals surface area contributed by atoms with Crippen LogP contribution in [0.3, 0.4) is 0 Å². The summed E-state index contributed by atoms with van der Waals surface area (Å²) in [5.74, 6) is 0.521. The lowest BCUT2D eigenvalue weighted by atomic mass is 9.99. The maximum atomic E-state index is 13.2. The molecule has 1 unspecified atom stereocenters. The van der Waals surface area contributed by atoms with Gasteiger partial charge in [-0.3, -0.25) is 34.3 Å². The Labute approximate surface area is 371 Å². The second kappa shape index (κ2) is 18.8. The third-order valence-electron chi connectivity index (χ3n) is 12.1. The number of piperazine rings is 1. The van der Waals surface area contributed by atoms with Gasteiger partial charge in [-0.15, -0.1) is 0 Å². The molecule has 0 saturated carbocycles. The molecule has 5 aromatic rings. The standard InChI is InChI=1S/C48H51N5O10S/c1-30-27-52(31(2)26-51(30)21-23-61-29-45(56)49-42-6-4-5-40-41(42)28-53(48(40)58)43-19-20-44(55)50-47(43)57)22-24-62-35-11-13-36(14-12-35)63-46-38(17-9-33-25-34(54)10-18-39(33)46)32-7-15-37(16-8-32)64(3,59)60/h4-18,25,30-31,43,54H,19-24,26-29H2,1-3H3,(H,49,56)(H,50,55,57)/t30-,31+,43?/m0/s1. The van der Waals surface area contributed by atoms with Crippen LogP contribution in [-0.4, -0.2) is 122 Å². The van der Waals surface area contributed by atoms with Gasteiger partial charge in [-0.05, 0) is 104 Å². The first-order valence-corrected chi connectivity index (χ1v) is 23.2. The Morgan fingerprint density at radius 1 is 0.844 bits per heavy atom. The minimum absolute atomic E-state index is 0.138. The quantitative estimate of drug-likeness (QED) is 0.0876. The molecule has 334 valence electrons. The van der Waals surface area contributed by atoms with Gasteiger partial charge < -0.3 is 29.5 Å². The van der Waals surface area contributed by atoms with Crippen molar-refractivity contribution in [2.24, 2.45) is 0 Å². The van der Waals surface area contributed by atoms with Crippen LogP contribution in [0.4, 0.5) is 5.69 Å². The molecule has 4 amide bonds. The van der Waals surface area contributed by atoms with Crippen molar-refractivity contribution < 1.29 is 46.9 Å². The third kappa shape index (κ3) is 9.90. The fourth-order valence-electron chi connectivity index (χ4n) is 8.64. The van der Waals surface area contributed by atoms with Crippen molar-refractivity contribution in [3.8, 4) is 34.1 Å². The number of carbonyl (C=O) groups excluding carboxylic acids is 4. The zero-order chi connectivity index (χ0) is 45.1. The first kappa shape index (κ1) is 44.3. The molecule has 3 atom stereocenters. The van der Waals surface area contributed by atoms with Crippen LogP contribution >= 0.6 is 0 Å². The van der Waals surface area contributed by atoms with Gasteiger partial charge in [-0.25, -0.2) is 8.42 Å². The van der Waals surface area contributed by atoms with E-state index in [1.54, 1.807) is 60.7 Å². The number of fused-ring (bicyclic) bond motifs is 2. The van der Waals surface area contributed by atoms with E-state index in [-0.39, 0.29) is 66.4 Å². The molecule has 0 radical (unpaired) electrons. The minimum atomic E-state index is -3.35. The fraction of sp³-hybridized carbons (Fsp3) is 0.333. The highest BCUT2D eigenvalue weighted by molar-refractivity contribution is 7.90. The van der Waals surface area contributed by atoms with Gasteiger partial charge in [0.05, 0.1) is 11.5 Å². The molecule has 8 rings (SSSR count). The van der Waals surface area contributed by atoms with Crippen molar-refractivity contribution in [2.75, 3.05) is 57.6 Å². The zero-order valence-electron chi connectivity index (χ0n) is 35.9. The number of amides is 4. The molecule has 3 heterocycles. The lowest BCUT2D eigenvalue weighted by molar-refractivity contribution is -0.137. The summed E-state index contributed by atoms with van der Waals surface area (Å²) in [4.78, 5) is 56.6. The van der Waals surface area contributed by atoms with Crippen molar-refractivity contribution in [1.29, 1.82) is 0 Å². The molecule has 16 heteroatoms. The van der Waals surface area contributed by atoms with E-state index in [0.717, 1.165) is 41.5 Å². The van der Waals surface area contributed by atoms with Gasteiger partial charge in [0.25, 0.3) is 5.91 Å². The number of piperidine rings is 1. The number of sulfone groups is 1. The average Bonchev–Trinajstić information content (AvgIpc) is 3.60. The summed E-state index contributed by atoms with van der Waals surface area (Å²) in [5.41, 5.74) is 3.11. The summed E-state index contributed by atoms with van der Waals surface area (Å²) >= 11 is 0. The minimum Gasteiger partial charge on any atom is -0.508 e. The fourth-order valence-corrected chi connectivity index (χ4v) is 9.27. The van der Waals surface area contributed by atoms with Gasteiger partial charge >= 0.3 is 0 Å². The lowest BCUT2D eigenvalue weighted by Gasteiger charge is -2.44. The number of nitrogens with zero attached hydrogens (tertiary/aromatic N) is 3. The Hall–Kier alpha value is -6.33. The van der Waals surface area contributed by atoms with E-state index in [9.17, 15) is 32.7 Å². The molecular weight excluding hydrogens is 839 g/mol. The van der Waals surface area contributed by atoms with Crippen LogP contribution in [0.15, 0.2) is 102 Å². The van der Waals surface area contributed by atoms with Crippen LogP contribution in [0.5, 0.6) is 23.0 Å². The number of nitrogens with one attached hydrogen (secondary N) is 2. The van der Waals surface area contributed by atoms with E-state index in [4.69, 9.17) is 14.2 Å². The predicted molar refractivity (Wildman–Crippen MR) is 240 cm³/mol. The number of benzene rings is 5. The average molecular weight is 890 g/mol. The van der Waals surface area contributed by atoms with Crippen molar-refractivity contribution in [2.45, 2.75) is 56.3 Å². The van der Waals surface area contributed by atoms with Crippen LogP contribution < -0.4 is 20.1 Å². The van der Waals surface area contributed by atoms with Crippen molar-refractivity contribution in [3.63, 3.8) is 0 Å². The summed E-state index contributed by atoms with van der Waals surface area (Å²) in [6.45, 7) is 8.29. The van der Waals surface area contributed by atoms with Crippen LogP contribution in [0.25, 0.3) is 21.9 Å². The summed E-state index contributed by atoms with van der Waals surface area (Å²) in [5, 5.41) is 16.9. The Morgan fingerprint density at radius 3 is 2.25 bits per heavy atom. The second-order valence-corrected chi connectivity index (χ2v) is 18.6. The molecule has 0 spiro atoms. The molecule has 0 bridgehead atoms. The molecule has 5 aromatic carbocycles. The number of phenolic OH excluding ortho intramolecular Hbond substituents is 1. The van der Waals surface area contributed by atoms with Gasteiger partial charge in [-0.2, -0.15) is 0 Å². The number of carbonyl (C=O) groups is 4. The molecule has 3 aliphatic heterocycles. The van der Waals surface area contributed by atoms with E-state index >= 15 is 0 Å². The second-order valence-electron chi connectivity index (χ2n) is 16.6. The van der Waals surface area contributed by atoms with Gasteiger partial charge in [-0.1, -0.05) is 24.3 Å². The topological polar surface area (TPSA) is 184 Å². The van der Waals surface area contributed by atoms with Crippen LogP contribution in [0.2, 0.25) is 0 Å². The maximum absolute atomic E-state index is 13.2. The highest BCUT2D eigenvalue weighted by Crippen LogP contribution is 2.41. The van der Waals surface area contributed by atoms with E-state index < -0.39 is 21.8 Å². The monoisotopic (exact) mass is 889 g/mol. The molecule has 15 nitrogen and oxygen atoms in total. The van der Waals surface area contributed by atoms with Gasteiger partial charge in [0.2, 0.25) is 17.7 Å². The Kier molecular flexibility index (Phi) is 13.0. The largest absolute Gasteiger partial charge is 0.508 e. The van der Waals surface area contributed by atoms with E-state index in [1.165, 1.54) is 11.2 Å². The smallest absolute Gasteiger partial charge is 0.255 e. The van der Waals surface area contributed by atoms with Crippen molar-refractivity contribution >= 4 is 49.9 Å². The zero-order valence-corrected chi connectivity index (χ0v) is 36.7. The molecule has 2 saturated heterocycles. The van der Waals surface area contributed by atoms with Crippen LogP contribution in [-0.2, 0) is 35.5 Å². The Balaban J connectivity index is 0.787. The number of rotatable bonds is 15. The number of imide groups is 1. The Morgan fingerprint density at radius 2 is 1.55 bits per heavy atom. The third-order valence-corrected chi connectivity index (χ3v) is 13.2. The number of aromatic hydroxyl groups is 1. The van der Waals surface area contributed by atoms with E-state index in [1.807, 2.05) is 36.4 Å². The summed E-state index contributed by atoms with van der Waals surface area (Å²) in [6.07, 6.45) is 1.60. The molecule has 0 aliphatic carbocycles. The summed E-state index contributed by atoms with van der Waals surface area (Å²) in [6, 6.07) is 27.8. The van der Waals surface area contributed by atoms with Crippen molar-refractivity contribution in [3.05, 3.63) is 108 Å². The highest BCUT2D eigenvalue weighted by atomic mass is 32.2. The molecular formula is C48H51N5O10S. The first-order valence-electron chi connectivity index (χ1n) is 21.3. The number of phenols is 1. The number of anilines is 1. The highest BCUT2D eigenvalue weighted by Gasteiger charge is 2.40.